The summed E-state index contributed by atoms with van der Waals surface area (Å²) in [4.78, 5) is 0. The van der Waals surface area contributed by atoms with Gasteiger partial charge in [0.25, 0.3) is 10.2 Å². The van der Waals surface area contributed by atoms with Crippen LogP contribution in [0.5, 0.6) is 0 Å². The molecule has 0 aliphatic carbocycles. The van der Waals surface area contributed by atoms with Crippen molar-refractivity contribution in [3.8, 4) is 0 Å². The number of benzene rings is 1. The van der Waals surface area contributed by atoms with E-state index >= 15 is 0 Å². The quantitative estimate of drug-likeness (QED) is 0.712. The molecule has 84 valence electrons. The lowest BCUT2D eigenvalue weighted by Crippen LogP contribution is -2.33. The fourth-order valence-corrected chi connectivity index (χ4v) is 2.02. The highest BCUT2D eigenvalue weighted by atomic mass is 35.5. The maximum absolute atomic E-state index is 11.3. The average Bonchev–Trinajstić information content (AvgIpc) is 2.14. The minimum Gasteiger partial charge on any atom is -0.329 e. The molecule has 0 aromatic heterocycles. The minimum absolute atomic E-state index is 0.190. The van der Waals surface area contributed by atoms with E-state index in [1.165, 1.54) is 6.07 Å². The zero-order valence-corrected chi connectivity index (χ0v) is 9.48. The molecule has 1 aromatic carbocycles. The van der Waals surface area contributed by atoms with Crippen molar-refractivity contribution >= 4 is 27.5 Å². The van der Waals surface area contributed by atoms with Gasteiger partial charge in [-0.2, -0.15) is 13.1 Å². The van der Waals surface area contributed by atoms with Crippen molar-refractivity contribution in [1.82, 2.24) is 4.72 Å². The molecule has 0 spiro atoms. The van der Waals surface area contributed by atoms with Crippen LogP contribution in [0, 0.1) is 0 Å². The van der Waals surface area contributed by atoms with E-state index in [1.54, 1.807) is 18.2 Å². The van der Waals surface area contributed by atoms with Gasteiger partial charge in [-0.3, -0.25) is 4.72 Å². The average molecular weight is 250 g/mol. The van der Waals surface area contributed by atoms with E-state index in [2.05, 4.69) is 9.44 Å². The van der Waals surface area contributed by atoms with E-state index in [0.717, 1.165) is 0 Å². The Kier molecular flexibility index (Phi) is 4.34. The summed E-state index contributed by atoms with van der Waals surface area (Å²) in [5, 5.41) is 0.467. The molecule has 7 heteroatoms. The second-order valence-corrected chi connectivity index (χ2v) is 4.73. The molecule has 1 aromatic rings. The Labute approximate surface area is 93.8 Å². The normalized spacial score (nSPS) is 11.3. The summed E-state index contributed by atoms with van der Waals surface area (Å²) >= 11 is 5.70. The number of anilines is 1. The Bertz CT molecular complexity index is 422. The molecule has 0 amide bonds. The first-order valence-corrected chi connectivity index (χ1v) is 6.12. The highest BCUT2D eigenvalue weighted by Gasteiger charge is 2.07. The lowest BCUT2D eigenvalue weighted by Gasteiger charge is -2.08. The summed E-state index contributed by atoms with van der Waals surface area (Å²) < 4.78 is 27.3. The van der Waals surface area contributed by atoms with E-state index in [-0.39, 0.29) is 13.1 Å². The third-order valence-corrected chi connectivity index (χ3v) is 2.84. The SMILES string of the molecule is NCCNS(=O)(=O)Nc1cccc(Cl)c1. The first-order chi connectivity index (χ1) is 7.03. The highest BCUT2D eigenvalue weighted by molar-refractivity contribution is 7.90. The van der Waals surface area contributed by atoms with Gasteiger partial charge in [0.2, 0.25) is 0 Å². The Morgan fingerprint density at radius 2 is 2.13 bits per heavy atom. The van der Waals surface area contributed by atoms with Crippen LogP contribution in [0.3, 0.4) is 0 Å². The van der Waals surface area contributed by atoms with Gasteiger partial charge in [0.15, 0.2) is 0 Å². The summed E-state index contributed by atoms with van der Waals surface area (Å²) in [5.74, 6) is 0. The van der Waals surface area contributed by atoms with E-state index in [0.29, 0.717) is 10.7 Å². The molecule has 1 rings (SSSR count). The van der Waals surface area contributed by atoms with Gasteiger partial charge in [-0.25, -0.2) is 0 Å². The number of nitrogens with one attached hydrogen (secondary N) is 2. The monoisotopic (exact) mass is 249 g/mol. The zero-order chi connectivity index (χ0) is 11.3. The topological polar surface area (TPSA) is 84.2 Å². The third-order valence-electron chi connectivity index (χ3n) is 1.51. The van der Waals surface area contributed by atoms with Crippen molar-refractivity contribution in [3.63, 3.8) is 0 Å². The maximum Gasteiger partial charge on any atom is 0.299 e. The molecule has 0 heterocycles. The molecule has 0 aliphatic rings. The van der Waals surface area contributed by atoms with Crippen LogP contribution in [0.4, 0.5) is 5.69 Å². The second kappa shape index (κ2) is 5.32. The number of nitrogens with two attached hydrogens (primary N) is 1. The summed E-state index contributed by atoms with van der Waals surface area (Å²) in [6.45, 7) is 0.437. The molecule has 0 saturated heterocycles. The van der Waals surface area contributed by atoms with Gasteiger partial charge >= 0.3 is 0 Å². The van der Waals surface area contributed by atoms with E-state index < -0.39 is 10.2 Å². The van der Waals surface area contributed by atoms with Gasteiger partial charge in [0.1, 0.15) is 0 Å². The Balaban J connectivity index is 2.69. The van der Waals surface area contributed by atoms with Crippen LogP contribution < -0.4 is 15.2 Å². The van der Waals surface area contributed by atoms with Gasteiger partial charge in [-0.15, -0.1) is 0 Å². The van der Waals surface area contributed by atoms with E-state index in [1.807, 2.05) is 0 Å². The van der Waals surface area contributed by atoms with Crippen molar-refractivity contribution in [3.05, 3.63) is 29.3 Å². The summed E-state index contributed by atoms with van der Waals surface area (Å²) in [6, 6.07) is 6.44. The van der Waals surface area contributed by atoms with Crippen molar-refractivity contribution in [2.45, 2.75) is 0 Å². The fraction of sp³-hybridized carbons (Fsp3) is 0.250. The van der Waals surface area contributed by atoms with Crippen LogP contribution in [0.15, 0.2) is 24.3 Å². The first-order valence-electron chi connectivity index (χ1n) is 4.26. The first kappa shape index (κ1) is 12.3. The van der Waals surface area contributed by atoms with Crippen LogP contribution in [0.2, 0.25) is 5.02 Å². The number of rotatable bonds is 5. The molecule has 0 bridgehead atoms. The van der Waals surface area contributed by atoms with Crippen molar-refractivity contribution < 1.29 is 8.42 Å². The van der Waals surface area contributed by atoms with Gasteiger partial charge in [-0.05, 0) is 18.2 Å². The molecule has 0 atom stereocenters. The molecule has 0 radical (unpaired) electrons. The highest BCUT2D eigenvalue weighted by Crippen LogP contribution is 2.15. The summed E-state index contributed by atoms with van der Waals surface area (Å²) in [6.07, 6.45) is 0. The largest absolute Gasteiger partial charge is 0.329 e. The molecule has 0 fully saturated rings. The second-order valence-electron chi connectivity index (χ2n) is 2.80. The van der Waals surface area contributed by atoms with Gasteiger partial charge in [0, 0.05) is 18.1 Å². The van der Waals surface area contributed by atoms with Crippen LogP contribution in [0.1, 0.15) is 0 Å². The van der Waals surface area contributed by atoms with Crippen molar-refractivity contribution in [1.29, 1.82) is 0 Å². The molecule has 0 unspecified atom stereocenters. The van der Waals surface area contributed by atoms with Crippen LogP contribution in [0.25, 0.3) is 0 Å². The molecule has 4 N–H and O–H groups in total. The van der Waals surface area contributed by atoms with E-state index in [9.17, 15) is 8.42 Å². The molecule has 15 heavy (non-hydrogen) atoms. The number of halogens is 1. The zero-order valence-electron chi connectivity index (χ0n) is 7.90. The molecule has 0 saturated carbocycles. The fourth-order valence-electron chi connectivity index (χ4n) is 0.936. The van der Waals surface area contributed by atoms with Gasteiger partial charge in [0.05, 0.1) is 5.69 Å². The standard InChI is InChI=1S/C8H12ClN3O2S/c9-7-2-1-3-8(6-7)12-15(13,14)11-5-4-10/h1-3,6,11-12H,4-5,10H2. The predicted molar refractivity (Wildman–Crippen MR) is 61.1 cm³/mol. The Morgan fingerprint density at radius 1 is 1.40 bits per heavy atom. The van der Waals surface area contributed by atoms with Crippen LogP contribution in [-0.2, 0) is 10.2 Å². The summed E-state index contributed by atoms with van der Waals surface area (Å²) in [5.41, 5.74) is 5.59. The maximum atomic E-state index is 11.3. The third kappa shape index (κ3) is 4.48. The predicted octanol–water partition coefficient (Wildman–Crippen LogP) is 0.545. The smallest absolute Gasteiger partial charge is 0.299 e. The van der Waals surface area contributed by atoms with E-state index in [4.69, 9.17) is 17.3 Å². The number of hydrogen-bond donors (Lipinski definition) is 3. The van der Waals surface area contributed by atoms with Crippen LogP contribution in [-0.4, -0.2) is 21.5 Å². The van der Waals surface area contributed by atoms with Gasteiger partial charge < -0.3 is 5.73 Å². The van der Waals surface area contributed by atoms with Gasteiger partial charge in [-0.1, -0.05) is 17.7 Å². The minimum atomic E-state index is -3.55. The van der Waals surface area contributed by atoms with Crippen molar-refractivity contribution in [2.75, 3.05) is 17.8 Å². The number of hydrogen-bond acceptors (Lipinski definition) is 3. The lowest BCUT2D eigenvalue weighted by molar-refractivity contribution is 0.587. The molecule has 0 aliphatic heterocycles. The van der Waals surface area contributed by atoms with Crippen LogP contribution >= 0.6 is 11.6 Å². The van der Waals surface area contributed by atoms with Crippen molar-refractivity contribution in [2.24, 2.45) is 5.73 Å². The Morgan fingerprint density at radius 3 is 2.73 bits per heavy atom. The summed E-state index contributed by atoms with van der Waals surface area (Å²) in [7, 11) is -3.55. The Hall–Kier alpha value is -0.820. The lowest BCUT2D eigenvalue weighted by atomic mass is 10.3. The molecular formula is C8H12ClN3O2S. The molecule has 5 nitrogen and oxygen atoms in total. The molecular weight excluding hydrogens is 238 g/mol.